The summed E-state index contributed by atoms with van der Waals surface area (Å²) in [4.78, 5) is 0. The third kappa shape index (κ3) is 9.29. The van der Waals surface area contributed by atoms with Crippen LogP contribution in [-0.4, -0.2) is 36.1 Å². The summed E-state index contributed by atoms with van der Waals surface area (Å²) in [5.41, 5.74) is 5.90. The van der Waals surface area contributed by atoms with Gasteiger partial charge in [0.15, 0.2) is 0 Å². The summed E-state index contributed by atoms with van der Waals surface area (Å²) in [5, 5.41) is 41.8. The van der Waals surface area contributed by atoms with E-state index in [9.17, 15) is 10.2 Å². The minimum atomic E-state index is -0.0854. The Bertz CT molecular complexity index is 1230. The second-order valence-electron chi connectivity index (χ2n) is 16.3. The number of rotatable bonds is 1. The molecule has 6 N–H and O–H groups in total. The molecule has 4 bridgehead atoms. The maximum atomic E-state index is 11.4. The van der Waals surface area contributed by atoms with E-state index in [0.29, 0.717) is 37.6 Å². The number of hydrogen-bond donors (Lipinski definition) is 6. The Labute approximate surface area is 255 Å². The fraction of sp³-hybridized carbons (Fsp3) is 0.639. The van der Waals surface area contributed by atoms with Gasteiger partial charge in [0.05, 0.1) is 0 Å². The van der Waals surface area contributed by atoms with Gasteiger partial charge in [-0.15, -0.1) is 0 Å². The van der Waals surface area contributed by atoms with Gasteiger partial charge in [-0.1, -0.05) is 93.5 Å². The van der Waals surface area contributed by atoms with E-state index < -0.39 is 0 Å². The van der Waals surface area contributed by atoms with Gasteiger partial charge in [0, 0.05) is 56.0 Å². The van der Waals surface area contributed by atoms with Crippen LogP contribution in [0.15, 0.2) is 24.3 Å². The van der Waals surface area contributed by atoms with Crippen LogP contribution >= 0.6 is 0 Å². The van der Waals surface area contributed by atoms with Crippen LogP contribution in [0.1, 0.15) is 109 Å². The highest BCUT2D eigenvalue weighted by atomic mass is 16.3. The molecule has 1 unspecified atom stereocenters. The summed E-state index contributed by atoms with van der Waals surface area (Å²) in [7, 11) is 0. The van der Waals surface area contributed by atoms with Crippen LogP contribution in [0, 0.1) is 22.2 Å². The van der Waals surface area contributed by atoms with E-state index in [1.165, 1.54) is 11.1 Å². The van der Waals surface area contributed by atoms with Crippen LogP contribution < -0.4 is 16.0 Å². The molecule has 0 aliphatic carbocycles. The van der Waals surface area contributed by atoms with Crippen molar-refractivity contribution in [3.63, 3.8) is 0 Å². The highest BCUT2D eigenvalue weighted by molar-refractivity contribution is 5.59. The van der Waals surface area contributed by atoms with Crippen molar-refractivity contribution in [1.82, 2.24) is 16.0 Å². The predicted octanol–water partition coefficient (Wildman–Crippen LogP) is 6.93. The van der Waals surface area contributed by atoms with Crippen LogP contribution in [0.4, 0.5) is 0 Å². The third-order valence-corrected chi connectivity index (χ3v) is 8.56. The van der Waals surface area contributed by atoms with E-state index in [0.717, 1.165) is 48.3 Å². The molecule has 0 radical (unpaired) electrons. The number of benzene rings is 2. The molecular formula is C36H58N4O2. The van der Waals surface area contributed by atoms with Crippen molar-refractivity contribution < 1.29 is 10.2 Å². The van der Waals surface area contributed by atoms with Gasteiger partial charge in [-0.3, -0.25) is 0 Å². The quantitative estimate of drug-likeness (QED) is 0.206. The molecule has 1 aliphatic heterocycles. The van der Waals surface area contributed by atoms with E-state index in [4.69, 9.17) is 5.41 Å². The van der Waals surface area contributed by atoms with E-state index >= 15 is 0 Å². The lowest BCUT2D eigenvalue weighted by atomic mass is 9.79. The zero-order chi connectivity index (χ0) is 31.5. The van der Waals surface area contributed by atoms with Crippen molar-refractivity contribution >= 4 is 6.21 Å². The summed E-state index contributed by atoms with van der Waals surface area (Å²) < 4.78 is 0. The first-order valence-corrected chi connectivity index (χ1v) is 15.6. The zero-order valence-electron chi connectivity index (χ0n) is 28.0. The Morgan fingerprint density at radius 1 is 0.667 bits per heavy atom. The Hall–Kier alpha value is -2.41. The Kier molecular flexibility index (Phi) is 10.6. The molecule has 0 fully saturated rings. The normalized spacial score (nSPS) is 21.0. The largest absolute Gasteiger partial charge is 0.507 e. The summed E-state index contributed by atoms with van der Waals surface area (Å²) in [5.74, 6) is 0.725. The average Bonchev–Trinajstić information content (AvgIpc) is 2.85. The van der Waals surface area contributed by atoms with E-state index in [2.05, 4.69) is 109 Å². The third-order valence-electron chi connectivity index (χ3n) is 8.56. The summed E-state index contributed by atoms with van der Waals surface area (Å²) in [6.07, 6.45) is 2.99. The van der Waals surface area contributed by atoms with Gasteiger partial charge in [0.1, 0.15) is 11.5 Å². The SMILES string of the molecule is CC1(C)CNCc2cc(C(C)(C)C)cc(c2O)CNCC(C)(C)CC(C=N)Cc2cc(C(C)(C)C)cc(c2O)CNC1. The van der Waals surface area contributed by atoms with Crippen LogP contribution in [0.25, 0.3) is 0 Å². The zero-order valence-corrected chi connectivity index (χ0v) is 28.0. The van der Waals surface area contributed by atoms with Crippen molar-refractivity contribution in [1.29, 1.82) is 5.41 Å². The van der Waals surface area contributed by atoms with Gasteiger partial charge in [-0.2, -0.15) is 0 Å². The maximum Gasteiger partial charge on any atom is 0.124 e. The fourth-order valence-electron chi connectivity index (χ4n) is 5.87. The lowest BCUT2D eigenvalue weighted by Crippen LogP contribution is -2.37. The average molecular weight is 579 g/mol. The first-order valence-electron chi connectivity index (χ1n) is 15.6. The fourth-order valence-corrected chi connectivity index (χ4v) is 5.87. The molecular weight excluding hydrogens is 520 g/mol. The monoisotopic (exact) mass is 578 g/mol. The second kappa shape index (κ2) is 13.1. The topological polar surface area (TPSA) is 100 Å². The first kappa shape index (κ1) is 34.1. The highest BCUT2D eigenvalue weighted by Gasteiger charge is 2.27. The lowest BCUT2D eigenvalue weighted by molar-refractivity contribution is 0.283. The maximum absolute atomic E-state index is 11.4. The molecule has 6 nitrogen and oxygen atoms in total. The van der Waals surface area contributed by atoms with Gasteiger partial charge < -0.3 is 31.6 Å². The molecule has 0 saturated heterocycles. The number of fused-ring (bicyclic) bond motifs is 4. The number of aromatic hydroxyl groups is 2. The minimum absolute atomic E-state index is 0.00329. The second-order valence-corrected chi connectivity index (χ2v) is 16.3. The molecule has 42 heavy (non-hydrogen) atoms. The Balaban J connectivity index is 1.98. The van der Waals surface area contributed by atoms with E-state index in [1.807, 2.05) is 0 Å². The minimum Gasteiger partial charge on any atom is -0.507 e. The van der Waals surface area contributed by atoms with Crippen molar-refractivity contribution in [2.24, 2.45) is 16.7 Å². The van der Waals surface area contributed by atoms with Gasteiger partial charge in [-0.25, -0.2) is 0 Å². The predicted molar refractivity (Wildman–Crippen MR) is 177 cm³/mol. The van der Waals surface area contributed by atoms with Crippen LogP contribution in [-0.2, 0) is 36.9 Å². The Morgan fingerprint density at radius 3 is 1.40 bits per heavy atom. The van der Waals surface area contributed by atoms with Gasteiger partial charge >= 0.3 is 0 Å². The Morgan fingerprint density at radius 2 is 1.02 bits per heavy atom. The molecule has 234 valence electrons. The molecule has 2 aromatic rings. The first-order chi connectivity index (χ1) is 19.3. The van der Waals surface area contributed by atoms with Crippen LogP contribution in [0.5, 0.6) is 11.5 Å². The molecule has 6 heteroatoms. The van der Waals surface area contributed by atoms with Crippen LogP contribution in [0.2, 0.25) is 0 Å². The standard InChI is InChI=1S/C36H58N4O2/c1-33(2,3)29-12-25-11-24(17-37)16-35(7,8)21-38-19-27-14-30(34(4,5)6)15-28(32(27)42)20-40-23-36(9,10)22-39-18-26(13-29)31(25)41/h12-15,17,24,37-42H,11,16,18-23H2,1-10H3. The van der Waals surface area contributed by atoms with Crippen molar-refractivity contribution in [2.45, 2.75) is 113 Å². The van der Waals surface area contributed by atoms with Gasteiger partial charge in [-0.05, 0) is 63.3 Å². The van der Waals surface area contributed by atoms with E-state index in [-0.39, 0.29) is 27.6 Å². The van der Waals surface area contributed by atoms with Gasteiger partial charge in [0.2, 0.25) is 0 Å². The number of nitrogens with one attached hydrogen (secondary N) is 4. The van der Waals surface area contributed by atoms with Crippen molar-refractivity contribution in [3.05, 3.63) is 57.6 Å². The number of hydrogen-bond acceptors (Lipinski definition) is 6. The summed E-state index contributed by atoms with van der Waals surface area (Å²) >= 11 is 0. The molecule has 2 aromatic carbocycles. The number of phenolic OH excluding ortho intramolecular Hbond substituents is 2. The molecule has 0 saturated carbocycles. The van der Waals surface area contributed by atoms with E-state index in [1.54, 1.807) is 6.21 Å². The molecule has 1 heterocycles. The molecule has 1 atom stereocenters. The molecule has 0 spiro atoms. The van der Waals surface area contributed by atoms with Gasteiger partial charge in [0.25, 0.3) is 0 Å². The van der Waals surface area contributed by atoms with Crippen molar-refractivity contribution in [3.8, 4) is 11.5 Å². The lowest BCUT2D eigenvalue weighted by Gasteiger charge is -2.30. The summed E-state index contributed by atoms with van der Waals surface area (Å²) in [6.45, 7) is 26.2. The smallest absolute Gasteiger partial charge is 0.124 e. The molecule has 3 rings (SSSR count). The molecule has 0 amide bonds. The van der Waals surface area contributed by atoms with Crippen LogP contribution in [0.3, 0.4) is 0 Å². The molecule has 1 aliphatic rings. The molecule has 0 aromatic heterocycles. The number of phenols is 2. The van der Waals surface area contributed by atoms with Crippen molar-refractivity contribution in [2.75, 3.05) is 19.6 Å². The summed E-state index contributed by atoms with van der Waals surface area (Å²) in [6, 6.07) is 8.56. The highest BCUT2D eigenvalue weighted by Crippen LogP contribution is 2.35.